The minimum Gasteiger partial charge on any atom is -0.493 e. The number of carbonyl (C=O) groups is 4. The summed E-state index contributed by atoms with van der Waals surface area (Å²) in [6, 6.07) is 25.0. The molecule has 1 heterocycles. The van der Waals surface area contributed by atoms with Crippen LogP contribution in [-0.4, -0.2) is 37.5 Å². The molecular weight excluding hydrogens is 713 g/mol. The summed E-state index contributed by atoms with van der Waals surface area (Å²) in [5.74, 6) is -0.905. The molecule has 4 aromatic rings. The summed E-state index contributed by atoms with van der Waals surface area (Å²) in [4.78, 5) is 52.2. The summed E-state index contributed by atoms with van der Waals surface area (Å²) in [6.07, 6.45) is 1.36. The van der Waals surface area contributed by atoms with Crippen LogP contribution in [-0.2, 0) is 21.0 Å². The number of imide groups is 2. The number of ether oxygens (including phenoxy) is 3. The van der Waals surface area contributed by atoms with E-state index in [2.05, 4.69) is 10.6 Å². The van der Waals surface area contributed by atoms with Gasteiger partial charge in [-0.05, 0) is 100 Å². The van der Waals surface area contributed by atoms with Gasteiger partial charge in [0, 0.05) is 10.7 Å². The van der Waals surface area contributed by atoms with Crippen LogP contribution in [0.1, 0.15) is 11.1 Å². The topological polar surface area (TPSA) is 123 Å². The van der Waals surface area contributed by atoms with Crippen LogP contribution in [0.5, 0.6) is 17.2 Å². The molecule has 12 heteroatoms. The van der Waals surface area contributed by atoms with Crippen molar-refractivity contribution in [2.24, 2.45) is 0 Å². The van der Waals surface area contributed by atoms with Crippen molar-refractivity contribution in [2.45, 2.75) is 6.61 Å². The molecular formula is C33H25ClIN3O7. The lowest BCUT2D eigenvalue weighted by Crippen LogP contribution is -2.54. The van der Waals surface area contributed by atoms with Gasteiger partial charge in [0.1, 0.15) is 17.9 Å². The van der Waals surface area contributed by atoms with E-state index < -0.39 is 23.8 Å². The lowest BCUT2D eigenvalue weighted by atomic mass is 10.1. The fraction of sp³-hybridized carbons (Fsp3) is 0.0909. The minimum atomic E-state index is -0.868. The molecule has 5 amide bonds. The molecule has 1 aliphatic rings. The first-order valence-corrected chi connectivity index (χ1v) is 14.9. The Morgan fingerprint density at radius 3 is 2.36 bits per heavy atom. The Morgan fingerprint density at radius 1 is 0.956 bits per heavy atom. The van der Waals surface area contributed by atoms with Gasteiger partial charge in [-0.1, -0.05) is 41.9 Å². The number of nitrogens with zero attached hydrogens (tertiary/aromatic N) is 1. The Kier molecular flexibility index (Phi) is 10.0. The molecule has 228 valence electrons. The first-order chi connectivity index (χ1) is 21.7. The van der Waals surface area contributed by atoms with Gasteiger partial charge in [0.2, 0.25) is 0 Å². The summed E-state index contributed by atoms with van der Waals surface area (Å²) in [6.45, 7) is 0.0525. The second-order valence-corrected chi connectivity index (χ2v) is 11.2. The number of carbonyl (C=O) groups excluding carboxylic acids is 4. The van der Waals surface area contributed by atoms with E-state index in [-0.39, 0.29) is 23.6 Å². The molecule has 0 unspecified atom stereocenters. The van der Waals surface area contributed by atoms with Gasteiger partial charge in [-0.3, -0.25) is 19.7 Å². The number of urea groups is 1. The van der Waals surface area contributed by atoms with Crippen LogP contribution < -0.4 is 29.7 Å². The number of barbiturate groups is 1. The van der Waals surface area contributed by atoms with E-state index >= 15 is 0 Å². The van der Waals surface area contributed by atoms with Crippen LogP contribution in [0.25, 0.3) is 6.08 Å². The van der Waals surface area contributed by atoms with Gasteiger partial charge in [0.15, 0.2) is 18.1 Å². The molecule has 1 aliphatic heterocycles. The van der Waals surface area contributed by atoms with Crippen molar-refractivity contribution in [1.29, 1.82) is 0 Å². The normalized spacial score (nSPS) is 13.8. The molecule has 0 saturated carbocycles. The maximum absolute atomic E-state index is 13.4. The number of methoxy groups -OCH3 is 1. The summed E-state index contributed by atoms with van der Waals surface area (Å²) in [7, 11) is 1.43. The SMILES string of the molecule is COc1cc(/C=C2\C(=O)NC(=O)N(c3ccc(OCc4ccccc4)cc3)C2=O)cc(I)c1OCC(=O)Nc1ccc(Cl)cc1. The second kappa shape index (κ2) is 14.3. The highest BCUT2D eigenvalue weighted by molar-refractivity contribution is 14.1. The van der Waals surface area contributed by atoms with Crippen LogP contribution in [0.3, 0.4) is 0 Å². The molecule has 0 spiro atoms. The molecule has 0 bridgehead atoms. The number of benzene rings is 4. The van der Waals surface area contributed by atoms with Crippen molar-refractivity contribution < 1.29 is 33.4 Å². The van der Waals surface area contributed by atoms with Crippen molar-refractivity contribution in [3.05, 3.63) is 116 Å². The second-order valence-electron chi connectivity index (χ2n) is 9.60. The maximum atomic E-state index is 13.4. The van der Waals surface area contributed by atoms with Crippen LogP contribution in [0.4, 0.5) is 16.2 Å². The van der Waals surface area contributed by atoms with Gasteiger partial charge < -0.3 is 19.5 Å². The number of rotatable bonds is 10. The van der Waals surface area contributed by atoms with Crippen LogP contribution in [0.2, 0.25) is 5.02 Å². The predicted octanol–water partition coefficient (Wildman–Crippen LogP) is 6.22. The average molecular weight is 738 g/mol. The van der Waals surface area contributed by atoms with Crippen molar-refractivity contribution in [3.63, 3.8) is 0 Å². The molecule has 1 fully saturated rings. The summed E-state index contributed by atoms with van der Waals surface area (Å²) in [5.41, 5.74) is 1.99. The molecule has 0 atom stereocenters. The molecule has 2 N–H and O–H groups in total. The predicted molar refractivity (Wildman–Crippen MR) is 178 cm³/mol. The smallest absolute Gasteiger partial charge is 0.335 e. The van der Waals surface area contributed by atoms with Gasteiger partial charge >= 0.3 is 6.03 Å². The highest BCUT2D eigenvalue weighted by Crippen LogP contribution is 2.35. The van der Waals surface area contributed by atoms with E-state index in [4.69, 9.17) is 25.8 Å². The highest BCUT2D eigenvalue weighted by Gasteiger charge is 2.37. The molecule has 0 aliphatic carbocycles. The molecule has 0 aromatic heterocycles. The van der Waals surface area contributed by atoms with Crippen molar-refractivity contribution in [1.82, 2.24) is 5.32 Å². The zero-order valence-corrected chi connectivity index (χ0v) is 26.6. The molecule has 45 heavy (non-hydrogen) atoms. The minimum absolute atomic E-state index is 0.257. The van der Waals surface area contributed by atoms with E-state index in [9.17, 15) is 19.2 Å². The molecule has 1 saturated heterocycles. The van der Waals surface area contributed by atoms with Crippen molar-refractivity contribution in [2.75, 3.05) is 23.9 Å². The monoisotopic (exact) mass is 737 g/mol. The number of hydrogen-bond donors (Lipinski definition) is 2. The number of amides is 5. The fourth-order valence-corrected chi connectivity index (χ4v) is 5.23. The van der Waals surface area contributed by atoms with E-state index in [1.807, 2.05) is 52.9 Å². The first kappa shape index (κ1) is 31.5. The van der Waals surface area contributed by atoms with E-state index in [0.29, 0.717) is 37.9 Å². The quantitative estimate of drug-likeness (QED) is 0.113. The van der Waals surface area contributed by atoms with E-state index in [1.165, 1.54) is 13.2 Å². The van der Waals surface area contributed by atoms with Crippen LogP contribution in [0, 0.1) is 3.57 Å². The number of halogens is 2. The van der Waals surface area contributed by atoms with E-state index in [1.54, 1.807) is 60.7 Å². The molecule has 0 radical (unpaired) electrons. The van der Waals surface area contributed by atoms with Gasteiger partial charge in [-0.25, -0.2) is 9.69 Å². The Morgan fingerprint density at radius 2 is 1.67 bits per heavy atom. The Bertz CT molecular complexity index is 1780. The lowest BCUT2D eigenvalue weighted by molar-refractivity contribution is -0.122. The van der Waals surface area contributed by atoms with Gasteiger partial charge in [0.25, 0.3) is 17.7 Å². The van der Waals surface area contributed by atoms with Crippen molar-refractivity contribution >= 4 is 75.4 Å². The Labute approximate surface area is 277 Å². The fourth-order valence-electron chi connectivity index (χ4n) is 4.32. The summed E-state index contributed by atoms with van der Waals surface area (Å²) in [5, 5.41) is 5.48. The van der Waals surface area contributed by atoms with Gasteiger partial charge in [-0.15, -0.1) is 0 Å². The standard InChI is InChI=1S/C33H25ClIN3O7/c1-43-28-17-21(16-27(35)30(28)45-19-29(39)36-23-9-7-22(34)8-10-23)15-26-31(40)37-33(42)38(32(26)41)24-11-13-25(14-12-24)44-18-20-5-3-2-4-6-20/h2-17H,18-19H2,1H3,(H,36,39)(H,37,40,42)/b26-15+. The number of hydrogen-bond acceptors (Lipinski definition) is 7. The van der Waals surface area contributed by atoms with Gasteiger partial charge in [-0.2, -0.15) is 0 Å². The third-order valence-corrected chi connectivity index (χ3v) is 7.54. The number of anilines is 2. The molecule has 10 nitrogen and oxygen atoms in total. The average Bonchev–Trinajstić information content (AvgIpc) is 3.03. The summed E-state index contributed by atoms with van der Waals surface area (Å²) >= 11 is 7.89. The third-order valence-electron chi connectivity index (χ3n) is 6.48. The van der Waals surface area contributed by atoms with E-state index in [0.717, 1.165) is 10.5 Å². The first-order valence-electron chi connectivity index (χ1n) is 13.5. The Balaban J connectivity index is 1.30. The highest BCUT2D eigenvalue weighted by atomic mass is 127. The van der Waals surface area contributed by atoms with Crippen molar-refractivity contribution in [3.8, 4) is 17.2 Å². The Hall–Kier alpha value is -4.88. The molecule has 4 aromatic carbocycles. The zero-order chi connectivity index (χ0) is 31.9. The maximum Gasteiger partial charge on any atom is 0.335 e. The van der Waals surface area contributed by atoms with Crippen LogP contribution in [0.15, 0.2) is 96.6 Å². The largest absolute Gasteiger partial charge is 0.493 e. The number of nitrogens with one attached hydrogen (secondary N) is 2. The zero-order valence-electron chi connectivity index (χ0n) is 23.7. The van der Waals surface area contributed by atoms with Gasteiger partial charge in [0.05, 0.1) is 16.4 Å². The van der Waals surface area contributed by atoms with Crippen LogP contribution >= 0.6 is 34.2 Å². The molecule has 5 rings (SSSR count). The third kappa shape index (κ3) is 7.80. The lowest BCUT2D eigenvalue weighted by Gasteiger charge is -2.26. The summed E-state index contributed by atoms with van der Waals surface area (Å²) < 4.78 is 17.6.